The summed E-state index contributed by atoms with van der Waals surface area (Å²) in [4.78, 5) is 12.5. The lowest BCUT2D eigenvalue weighted by Crippen LogP contribution is -2.41. The molecular weight excluding hydrogens is 495 g/mol. The van der Waals surface area contributed by atoms with Gasteiger partial charge in [0, 0.05) is 3.57 Å². The molecule has 0 bridgehead atoms. The van der Waals surface area contributed by atoms with Gasteiger partial charge in [0.25, 0.3) is 0 Å². The highest BCUT2D eigenvalue weighted by atomic mass is 127. The van der Waals surface area contributed by atoms with Gasteiger partial charge in [0.1, 0.15) is 6.54 Å². The second-order valence-corrected chi connectivity index (χ2v) is 9.30. The minimum Gasteiger partial charge on any atom is -0.493 e. The first-order chi connectivity index (χ1) is 13.2. The van der Waals surface area contributed by atoms with Crippen molar-refractivity contribution in [3.8, 4) is 11.5 Å². The number of sulfonamides is 1. The average molecular weight is 518 g/mol. The molecule has 0 heterocycles. The number of anilines is 1. The molecule has 1 amide bonds. The Kier molecular flexibility index (Phi) is 7.53. The molecule has 0 aromatic heterocycles. The SMILES string of the molecule is COc1ccc(C(C)NC(=O)CN(c2ccc(I)cc2)S(C)(=O)=O)cc1OC. The van der Waals surface area contributed by atoms with Crippen LogP contribution in [-0.2, 0) is 14.8 Å². The summed E-state index contributed by atoms with van der Waals surface area (Å²) in [6, 6.07) is 11.9. The number of hydrogen-bond acceptors (Lipinski definition) is 5. The standard InChI is InChI=1S/C19H23IN2O5S/c1-13(14-5-10-17(26-2)18(11-14)27-3)21-19(23)12-22(28(4,24)25)16-8-6-15(20)7-9-16/h5-11,13H,12H2,1-4H3,(H,21,23). The van der Waals surface area contributed by atoms with E-state index in [1.54, 1.807) is 43.5 Å². The van der Waals surface area contributed by atoms with Crippen molar-refractivity contribution in [1.29, 1.82) is 0 Å². The van der Waals surface area contributed by atoms with Gasteiger partial charge >= 0.3 is 0 Å². The lowest BCUT2D eigenvalue weighted by atomic mass is 10.1. The van der Waals surface area contributed by atoms with E-state index in [9.17, 15) is 13.2 Å². The molecule has 1 atom stereocenters. The highest BCUT2D eigenvalue weighted by Gasteiger charge is 2.22. The summed E-state index contributed by atoms with van der Waals surface area (Å²) >= 11 is 2.13. The summed E-state index contributed by atoms with van der Waals surface area (Å²) in [5, 5.41) is 2.83. The number of carbonyl (C=O) groups is 1. The smallest absolute Gasteiger partial charge is 0.241 e. The fourth-order valence-electron chi connectivity index (χ4n) is 2.63. The van der Waals surface area contributed by atoms with Gasteiger partial charge < -0.3 is 14.8 Å². The monoisotopic (exact) mass is 518 g/mol. The fourth-order valence-corrected chi connectivity index (χ4v) is 3.85. The first kappa shape index (κ1) is 22.3. The van der Waals surface area contributed by atoms with Crippen LogP contribution in [0, 0.1) is 3.57 Å². The molecule has 0 spiro atoms. The van der Waals surface area contributed by atoms with Gasteiger partial charge in [0.15, 0.2) is 11.5 Å². The van der Waals surface area contributed by atoms with Gasteiger partial charge in [0.05, 0.1) is 32.2 Å². The number of amides is 1. The van der Waals surface area contributed by atoms with Crippen LogP contribution in [0.4, 0.5) is 5.69 Å². The van der Waals surface area contributed by atoms with Gasteiger partial charge in [-0.1, -0.05) is 6.07 Å². The largest absolute Gasteiger partial charge is 0.493 e. The van der Waals surface area contributed by atoms with E-state index >= 15 is 0 Å². The molecule has 7 nitrogen and oxygen atoms in total. The Hall–Kier alpha value is -2.01. The molecule has 0 radical (unpaired) electrons. The van der Waals surface area contributed by atoms with E-state index in [0.717, 1.165) is 19.7 Å². The topological polar surface area (TPSA) is 84.9 Å². The quantitative estimate of drug-likeness (QED) is 0.544. The third-order valence-electron chi connectivity index (χ3n) is 4.09. The van der Waals surface area contributed by atoms with Crippen LogP contribution in [0.25, 0.3) is 0 Å². The number of nitrogens with one attached hydrogen (secondary N) is 1. The molecule has 152 valence electrons. The molecule has 1 N–H and O–H groups in total. The van der Waals surface area contributed by atoms with Crippen molar-refractivity contribution in [1.82, 2.24) is 5.32 Å². The van der Waals surface area contributed by atoms with Crippen LogP contribution in [-0.4, -0.2) is 41.3 Å². The summed E-state index contributed by atoms with van der Waals surface area (Å²) in [6.07, 6.45) is 1.08. The van der Waals surface area contributed by atoms with Crippen LogP contribution < -0.4 is 19.1 Å². The summed E-state index contributed by atoms with van der Waals surface area (Å²) in [5.74, 6) is 0.732. The van der Waals surface area contributed by atoms with Gasteiger partial charge in [-0.2, -0.15) is 0 Å². The molecule has 0 saturated heterocycles. The van der Waals surface area contributed by atoms with Crippen LogP contribution in [0.15, 0.2) is 42.5 Å². The predicted molar refractivity (Wildman–Crippen MR) is 117 cm³/mol. The zero-order valence-corrected chi connectivity index (χ0v) is 19.1. The van der Waals surface area contributed by atoms with Crippen molar-refractivity contribution in [2.75, 3.05) is 31.3 Å². The van der Waals surface area contributed by atoms with Crippen LogP contribution in [0.1, 0.15) is 18.5 Å². The summed E-state index contributed by atoms with van der Waals surface area (Å²) < 4.78 is 36.9. The molecule has 0 aliphatic heterocycles. The van der Waals surface area contributed by atoms with Crippen molar-refractivity contribution in [2.45, 2.75) is 13.0 Å². The maximum atomic E-state index is 12.5. The Balaban J connectivity index is 2.15. The molecule has 2 rings (SSSR count). The van der Waals surface area contributed by atoms with Crippen LogP contribution in [0.2, 0.25) is 0 Å². The van der Waals surface area contributed by atoms with Crippen molar-refractivity contribution in [2.24, 2.45) is 0 Å². The van der Waals surface area contributed by atoms with Crippen LogP contribution in [0.5, 0.6) is 11.5 Å². The minimum atomic E-state index is -3.61. The van der Waals surface area contributed by atoms with E-state index in [2.05, 4.69) is 27.9 Å². The predicted octanol–water partition coefficient (Wildman–Crippen LogP) is 2.95. The molecule has 28 heavy (non-hydrogen) atoms. The molecule has 0 saturated carbocycles. The van der Waals surface area contributed by atoms with Gasteiger partial charge in [-0.3, -0.25) is 9.10 Å². The van der Waals surface area contributed by atoms with E-state index in [1.807, 2.05) is 13.0 Å². The van der Waals surface area contributed by atoms with Gasteiger partial charge in [-0.25, -0.2) is 8.42 Å². The number of rotatable bonds is 8. The second-order valence-electron chi connectivity index (χ2n) is 6.15. The zero-order chi connectivity index (χ0) is 20.9. The average Bonchev–Trinajstić information content (AvgIpc) is 2.65. The number of halogens is 1. The maximum Gasteiger partial charge on any atom is 0.241 e. The first-order valence-corrected chi connectivity index (χ1v) is 11.3. The zero-order valence-electron chi connectivity index (χ0n) is 16.1. The van der Waals surface area contributed by atoms with Crippen LogP contribution in [0.3, 0.4) is 0 Å². The molecular formula is C19H23IN2O5S. The van der Waals surface area contributed by atoms with E-state index in [1.165, 1.54) is 7.11 Å². The Morgan fingerprint density at radius 3 is 2.25 bits per heavy atom. The Morgan fingerprint density at radius 2 is 1.71 bits per heavy atom. The highest BCUT2D eigenvalue weighted by molar-refractivity contribution is 14.1. The van der Waals surface area contributed by atoms with Crippen LogP contribution >= 0.6 is 22.6 Å². The molecule has 2 aromatic carbocycles. The molecule has 0 aliphatic carbocycles. The third-order valence-corrected chi connectivity index (χ3v) is 5.95. The van der Waals surface area contributed by atoms with Gasteiger partial charge in [-0.05, 0) is 71.5 Å². The Morgan fingerprint density at radius 1 is 1.11 bits per heavy atom. The van der Waals surface area contributed by atoms with E-state index in [4.69, 9.17) is 9.47 Å². The van der Waals surface area contributed by atoms with E-state index in [0.29, 0.717) is 17.2 Å². The third kappa shape index (κ3) is 5.74. The number of ether oxygens (including phenoxy) is 2. The number of benzene rings is 2. The van der Waals surface area contributed by atoms with Crippen molar-refractivity contribution in [3.05, 3.63) is 51.6 Å². The fraction of sp³-hybridized carbons (Fsp3) is 0.316. The van der Waals surface area contributed by atoms with E-state index < -0.39 is 15.9 Å². The summed E-state index contributed by atoms with van der Waals surface area (Å²) in [6.45, 7) is 1.51. The number of nitrogens with zero attached hydrogens (tertiary/aromatic N) is 1. The lowest BCUT2D eigenvalue weighted by Gasteiger charge is -2.23. The van der Waals surface area contributed by atoms with Crippen molar-refractivity contribution >= 4 is 44.2 Å². The maximum absolute atomic E-state index is 12.5. The second kappa shape index (κ2) is 9.46. The molecule has 0 aliphatic rings. The molecule has 1 unspecified atom stereocenters. The highest BCUT2D eigenvalue weighted by Crippen LogP contribution is 2.30. The molecule has 0 fully saturated rings. The summed E-state index contributed by atoms with van der Waals surface area (Å²) in [5.41, 5.74) is 1.25. The Labute approximate surface area is 179 Å². The minimum absolute atomic E-state index is 0.308. The van der Waals surface area contributed by atoms with Gasteiger partial charge in [-0.15, -0.1) is 0 Å². The van der Waals surface area contributed by atoms with E-state index in [-0.39, 0.29) is 12.6 Å². The Bertz CT molecular complexity index is 932. The molecule has 9 heteroatoms. The van der Waals surface area contributed by atoms with Gasteiger partial charge in [0.2, 0.25) is 15.9 Å². The first-order valence-electron chi connectivity index (χ1n) is 8.40. The summed E-state index contributed by atoms with van der Waals surface area (Å²) in [7, 11) is -0.526. The number of hydrogen-bond donors (Lipinski definition) is 1. The van der Waals surface area contributed by atoms with Crippen molar-refractivity contribution in [3.63, 3.8) is 0 Å². The normalized spacial score (nSPS) is 12.2. The number of methoxy groups -OCH3 is 2. The lowest BCUT2D eigenvalue weighted by molar-refractivity contribution is -0.120. The van der Waals surface area contributed by atoms with Crippen molar-refractivity contribution < 1.29 is 22.7 Å². The number of carbonyl (C=O) groups excluding carboxylic acids is 1. The molecule has 2 aromatic rings.